The molecule has 0 N–H and O–H groups in total. The van der Waals surface area contributed by atoms with Crippen LogP contribution in [0, 0.1) is 0 Å². The average molecular weight is 240 g/mol. The molecule has 0 atom stereocenters. The van der Waals surface area contributed by atoms with Crippen LogP contribution in [0.5, 0.6) is 0 Å². The van der Waals surface area contributed by atoms with Gasteiger partial charge >= 0.3 is 0 Å². The number of hydrogen-bond donors (Lipinski definition) is 1. The normalized spacial score (nSPS) is 11.1. The number of benzene rings is 1. The molecule has 0 saturated heterocycles. The van der Waals surface area contributed by atoms with E-state index in [1.807, 2.05) is 23.1 Å². The van der Waals surface area contributed by atoms with E-state index in [9.17, 15) is 0 Å². The van der Waals surface area contributed by atoms with Crippen LogP contribution in [0.4, 0.5) is 0 Å². The number of rotatable bonds is 2. The van der Waals surface area contributed by atoms with Crippen molar-refractivity contribution in [2.45, 2.75) is 22.4 Å². The van der Waals surface area contributed by atoms with E-state index in [4.69, 9.17) is 0 Å². The Morgan fingerprint density at radius 3 is 2.86 bits per heavy atom. The maximum atomic E-state index is 4.49. The summed E-state index contributed by atoms with van der Waals surface area (Å²) in [6.07, 6.45) is 3.18. The number of fused-ring (bicyclic) bond motifs is 1. The molecule has 14 heavy (non-hydrogen) atoms. The molecule has 1 heterocycles. The van der Waals surface area contributed by atoms with Crippen molar-refractivity contribution in [3.63, 3.8) is 0 Å². The number of aryl methyl sites for hydroxylation is 1. The Balaban J connectivity index is 2.73. The van der Waals surface area contributed by atoms with E-state index in [2.05, 4.69) is 44.0 Å². The minimum atomic E-state index is 1.06. The van der Waals surface area contributed by atoms with Gasteiger partial charge in [0.25, 0.3) is 0 Å². The zero-order chi connectivity index (χ0) is 10.1. The summed E-state index contributed by atoms with van der Waals surface area (Å²) in [5.74, 6) is 0. The second-order valence-electron chi connectivity index (χ2n) is 3.10. The van der Waals surface area contributed by atoms with Crippen LogP contribution in [-0.2, 0) is 6.42 Å². The molecule has 0 amide bonds. The fraction of sp³-hybridized carbons (Fsp3) is 0.273. The summed E-state index contributed by atoms with van der Waals surface area (Å²) in [5.41, 5.74) is 1.38. The summed E-state index contributed by atoms with van der Waals surface area (Å²) < 4.78 is 2.76. The second kappa shape index (κ2) is 4.17. The van der Waals surface area contributed by atoms with Gasteiger partial charge in [-0.3, -0.25) is 0 Å². The van der Waals surface area contributed by atoms with Gasteiger partial charge in [0.05, 0.1) is 4.21 Å². The summed E-state index contributed by atoms with van der Waals surface area (Å²) in [6.45, 7) is 2.19. The highest BCUT2D eigenvalue weighted by molar-refractivity contribution is 8.00. The maximum absolute atomic E-state index is 4.49. The first kappa shape index (κ1) is 10.4. The van der Waals surface area contributed by atoms with Crippen molar-refractivity contribution in [2.75, 3.05) is 6.26 Å². The van der Waals surface area contributed by atoms with Gasteiger partial charge in [0, 0.05) is 9.60 Å². The molecule has 0 bridgehead atoms. The van der Waals surface area contributed by atoms with Crippen LogP contribution in [0.3, 0.4) is 0 Å². The quantitative estimate of drug-likeness (QED) is 0.597. The lowest BCUT2D eigenvalue weighted by atomic mass is 10.1. The van der Waals surface area contributed by atoms with Crippen molar-refractivity contribution in [3.8, 4) is 0 Å². The molecule has 0 saturated carbocycles. The number of thioether (sulfide) groups is 1. The SMILES string of the molecule is CCc1c(S)ccc2sc(SC)cc12. The van der Waals surface area contributed by atoms with Crippen molar-refractivity contribution in [1.82, 2.24) is 0 Å². The minimum Gasteiger partial charge on any atom is -0.143 e. The van der Waals surface area contributed by atoms with Gasteiger partial charge in [-0.15, -0.1) is 35.7 Å². The molecule has 0 aliphatic heterocycles. The average Bonchev–Trinajstić information content (AvgIpc) is 2.60. The fourth-order valence-electron chi connectivity index (χ4n) is 1.61. The number of hydrogen-bond acceptors (Lipinski definition) is 3. The number of thiophene rings is 1. The van der Waals surface area contributed by atoms with Gasteiger partial charge in [-0.2, -0.15) is 0 Å². The molecule has 0 nitrogen and oxygen atoms in total. The Morgan fingerprint density at radius 1 is 1.43 bits per heavy atom. The van der Waals surface area contributed by atoms with Crippen LogP contribution in [0.25, 0.3) is 10.1 Å². The zero-order valence-electron chi connectivity index (χ0n) is 8.20. The standard InChI is InChI=1S/C11H12S3/c1-3-7-8-6-11(13-2)14-10(8)5-4-9(7)12/h4-6,12H,3H2,1-2H3. The van der Waals surface area contributed by atoms with Gasteiger partial charge in [-0.05, 0) is 41.8 Å². The summed E-state index contributed by atoms with van der Waals surface area (Å²) in [6, 6.07) is 6.55. The fourth-order valence-corrected chi connectivity index (χ4v) is 3.62. The maximum Gasteiger partial charge on any atom is 0.0608 e. The molecular formula is C11H12S3. The van der Waals surface area contributed by atoms with Crippen molar-refractivity contribution >= 4 is 45.8 Å². The van der Waals surface area contributed by atoms with Crippen molar-refractivity contribution < 1.29 is 0 Å². The van der Waals surface area contributed by atoms with Gasteiger partial charge in [0.1, 0.15) is 0 Å². The molecule has 1 aromatic heterocycles. The molecule has 3 heteroatoms. The third-order valence-electron chi connectivity index (χ3n) is 2.32. The summed E-state index contributed by atoms with van der Waals surface area (Å²) in [5, 5.41) is 1.38. The van der Waals surface area contributed by atoms with Crippen molar-refractivity contribution in [1.29, 1.82) is 0 Å². The molecular weight excluding hydrogens is 228 g/mol. The largest absolute Gasteiger partial charge is 0.143 e. The van der Waals surface area contributed by atoms with E-state index in [-0.39, 0.29) is 0 Å². The molecule has 2 rings (SSSR count). The topological polar surface area (TPSA) is 0 Å². The van der Waals surface area contributed by atoms with E-state index in [1.165, 1.54) is 19.9 Å². The van der Waals surface area contributed by atoms with E-state index < -0.39 is 0 Å². The van der Waals surface area contributed by atoms with Gasteiger partial charge < -0.3 is 0 Å². The predicted molar refractivity (Wildman–Crippen MR) is 70.2 cm³/mol. The molecule has 0 aliphatic rings. The smallest absolute Gasteiger partial charge is 0.0608 e. The van der Waals surface area contributed by atoms with E-state index in [0.717, 1.165) is 11.3 Å². The van der Waals surface area contributed by atoms with E-state index >= 15 is 0 Å². The molecule has 0 fully saturated rings. The van der Waals surface area contributed by atoms with Crippen LogP contribution >= 0.6 is 35.7 Å². The minimum absolute atomic E-state index is 1.06. The highest BCUT2D eigenvalue weighted by Gasteiger charge is 2.07. The molecule has 74 valence electrons. The Bertz CT molecular complexity index is 457. The summed E-state index contributed by atoms with van der Waals surface area (Å²) in [7, 11) is 0. The Kier molecular flexibility index (Phi) is 3.10. The molecule has 0 aliphatic carbocycles. The van der Waals surface area contributed by atoms with Crippen LogP contribution in [0.2, 0.25) is 0 Å². The lowest BCUT2D eigenvalue weighted by molar-refractivity contribution is 1.11. The second-order valence-corrected chi connectivity index (χ2v) is 5.77. The van der Waals surface area contributed by atoms with Crippen molar-refractivity contribution in [2.24, 2.45) is 0 Å². The third kappa shape index (κ3) is 1.69. The first-order valence-corrected chi connectivity index (χ1v) is 7.03. The summed E-state index contributed by atoms with van der Waals surface area (Å²) in [4.78, 5) is 1.12. The molecule has 1 aromatic carbocycles. The van der Waals surface area contributed by atoms with Gasteiger partial charge in [-0.25, -0.2) is 0 Å². The first-order valence-electron chi connectivity index (χ1n) is 4.54. The highest BCUT2D eigenvalue weighted by Crippen LogP contribution is 2.35. The third-order valence-corrected chi connectivity index (χ3v) is 4.90. The Hall–Kier alpha value is -0.120. The van der Waals surface area contributed by atoms with Crippen LogP contribution in [0.15, 0.2) is 27.3 Å². The molecule has 0 radical (unpaired) electrons. The zero-order valence-corrected chi connectivity index (χ0v) is 10.7. The van der Waals surface area contributed by atoms with E-state index in [1.54, 1.807) is 0 Å². The van der Waals surface area contributed by atoms with Crippen LogP contribution < -0.4 is 0 Å². The predicted octanol–water partition coefficient (Wildman–Crippen LogP) is 4.47. The first-order chi connectivity index (χ1) is 6.76. The monoisotopic (exact) mass is 240 g/mol. The van der Waals surface area contributed by atoms with Crippen LogP contribution in [-0.4, -0.2) is 6.26 Å². The Morgan fingerprint density at radius 2 is 2.21 bits per heavy atom. The van der Waals surface area contributed by atoms with Gasteiger partial charge in [0.2, 0.25) is 0 Å². The lowest BCUT2D eigenvalue weighted by Crippen LogP contribution is -1.82. The summed E-state index contributed by atoms with van der Waals surface area (Å²) >= 11 is 8.17. The van der Waals surface area contributed by atoms with Gasteiger partial charge in [0.15, 0.2) is 0 Å². The van der Waals surface area contributed by atoms with E-state index in [0.29, 0.717) is 0 Å². The molecule has 2 aromatic rings. The lowest BCUT2D eigenvalue weighted by Gasteiger charge is -2.02. The molecule has 0 unspecified atom stereocenters. The van der Waals surface area contributed by atoms with Crippen LogP contribution in [0.1, 0.15) is 12.5 Å². The number of thiol groups is 1. The van der Waals surface area contributed by atoms with Gasteiger partial charge in [-0.1, -0.05) is 6.92 Å². The van der Waals surface area contributed by atoms with Crippen molar-refractivity contribution in [3.05, 3.63) is 23.8 Å². The Labute approximate surface area is 98.1 Å². The molecule has 0 spiro atoms. The highest BCUT2D eigenvalue weighted by atomic mass is 32.2.